The van der Waals surface area contributed by atoms with Crippen molar-refractivity contribution in [2.75, 3.05) is 27.2 Å². The molecule has 136 valence electrons. The zero-order valence-corrected chi connectivity index (χ0v) is 15.4. The third-order valence-corrected chi connectivity index (χ3v) is 4.49. The summed E-state index contributed by atoms with van der Waals surface area (Å²) in [6.45, 7) is 3.34. The second-order valence-corrected chi connectivity index (χ2v) is 6.65. The van der Waals surface area contributed by atoms with E-state index in [9.17, 15) is 9.18 Å². The minimum atomic E-state index is -0.336. The van der Waals surface area contributed by atoms with Gasteiger partial charge in [0.1, 0.15) is 11.5 Å². The maximum absolute atomic E-state index is 14.5. The van der Waals surface area contributed by atoms with Crippen LogP contribution in [0.2, 0.25) is 0 Å². The van der Waals surface area contributed by atoms with Crippen LogP contribution in [0.1, 0.15) is 23.0 Å². The number of hydrogen-bond acceptors (Lipinski definition) is 2. The number of hydrogen-bond donors (Lipinski definition) is 2. The molecular formula is C21H24FN3O. The van der Waals surface area contributed by atoms with Crippen LogP contribution < -0.4 is 5.32 Å². The Morgan fingerprint density at radius 2 is 1.96 bits per heavy atom. The van der Waals surface area contributed by atoms with Crippen LogP contribution in [0.3, 0.4) is 0 Å². The van der Waals surface area contributed by atoms with E-state index < -0.39 is 0 Å². The van der Waals surface area contributed by atoms with Crippen LogP contribution in [0.15, 0.2) is 42.5 Å². The van der Waals surface area contributed by atoms with Gasteiger partial charge < -0.3 is 15.2 Å². The van der Waals surface area contributed by atoms with Crippen molar-refractivity contribution in [3.05, 3.63) is 59.5 Å². The molecule has 0 unspecified atom stereocenters. The molecule has 3 aromatic rings. The highest BCUT2D eigenvalue weighted by Gasteiger charge is 2.21. The fraction of sp³-hybridized carbons (Fsp3) is 0.286. The number of carbonyl (C=O) groups is 1. The summed E-state index contributed by atoms with van der Waals surface area (Å²) in [7, 11) is 3.90. The molecule has 0 aliphatic rings. The number of rotatable bonds is 6. The predicted octanol–water partition coefficient (Wildman–Crippen LogP) is 3.83. The number of carbonyl (C=O) groups excluding carboxylic acids is 1. The van der Waals surface area contributed by atoms with Crippen molar-refractivity contribution in [2.45, 2.75) is 13.3 Å². The maximum atomic E-state index is 14.5. The van der Waals surface area contributed by atoms with Crippen LogP contribution in [0.25, 0.3) is 22.0 Å². The Hall–Kier alpha value is -2.66. The van der Waals surface area contributed by atoms with Gasteiger partial charge >= 0.3 is 0 Å². The molecule has 5 heteroatoms. The van der Waals surface area contributed by atoms with Crippen molar-refractivity contribution < 1.29 is 9.18 Å². The molecule has 4 nitrogen and oxygen atoms in total. The smallest absolute Gasteiger partial charge is 0.268 e. The number of H-pyrrole nitrogens is 1. The Morgan fingerprint density at radius 3 is 2.65 bits per heavy atom. The molecule has 0 saturated carbocycles. The quantitative estimate of drug-likeness (QED) is 0.708. The maximum Gasteiger partial charge on any atom is 0.268 e. The van der Waals surface area contributed by atoms with Gasteiger partial charge in [-0.05, 0) is 44.3 Å². The van der Waals surface area contributed by atoms with Gasteiger partial charge in [0.2, 0.25) is 0 Å². The summed E-state index contributed by atoms with van der Waals surface area (Å²) in [5.74, 6) is -0.558. The molecule has 3 rings (SSSR count). The summed E-state index contributed by atoms with van der Waals surface area (Å²) >= 11 is 0. The van der Waals surface area contributed by atoms with E-state index in [2.05, 4.69) is 17.2 Å². The highest BCUT2D eigenvalue weighted by molar-refractivity contribution is 6.09. The number of aromatic amines is 1. The number of halogens is 1. The number of nitrogens with one attached hydrogen (secondary N) is 2. The summed E-state index contributed by atoms with van der Waals surface area (Å²) in [6.07, 6.45) is 0.877. The van der Waals surface area contributed by atoms with E-state index in [1.54, 1.807) is 18.2 Å². The Bertz CT molecular complexity index is 930. The van der Waals surface area contributed by atoms with E-state index in [-0.39, 0.29) is 11.7 Å². The van der Waals surface area contributed by atoms with Crippen LogP contribution in [-0.2, 0) is 6.42 Å². The van der Waals surface area contributed by atoms with Gasteiger partial charge in [-0.15, -0.1) is 0 Å². The summed E-state index contributed by atoms with van der Waals surface area (Å²) in [5, 5.41) is 3.78. The van der Waals surface area contributed by atoms with Crippen molar-refractivity contribution in [1.82, 2.24) is 15.2 Å². The van der Waals surface area contributed by atoms with Gasteiger partial charge in [-0.1, -0.05) is 31.2 Å². The fourth-order valence-corrected chi connectivity index (χ4v) is 3.05. The second-order valence-electron chi connectivity index (χ2n) is 6.65. The number of fused-ring (bicyclic) bond motifs is 1. The molecule has 0 fully saturated rings. The van der Waals surface area contributed by atoms with Crippen molar-refractivity contribution >= 4 is 16.8 Å². The monoisotopic (exact) mass is 353 g/mol. The largest absolute Gasteiger partial charge is 0.350 e. The molecule has 0 aliphatic heterocycles. The first-order valence-electron chi connectivity index (χ1n) is 8.83. The third-order valence-electron chi connectivity index (χ3n) is 4.49. The molecule has 1 aromatic heterocycles. The first-order chi connectivity index (χ1) is 12.5. The highest BCUT2D eigenvalue weighted by atomic mass is 19.1. The molecule has 0 spiro atoms. The van der Waals surface area contributed by atoms with Gasteiger partial charge in [0.15, 0.2) is 0 Å². The summed E-state index contributed by atoms with van der Waals surface area (Å²) in [4.78, 5) is 18.0. The normalized spacial score (nSPS) is 11.3. The van der Waals surface area contributed by atoms with Crippen molar-refractivity contribution in [2.24, 2.45) is 0 Å². The lowest BCUT2D eigenvalue weighted by molar-refractivity contribution is 0.0947. The van der Waals surface area contributed by atoms with Gasteiger partial charge in [-0.2, -0.15) is 0 Å². The van der Waals surface area contributed by atoms with E-state index in [1.165, 1.54) is 6.07 Å². The van der Waals surface area contributed by atoms with Crippen LogP contribution in [0.4, 0.5) is 4.39 Å². The van der Waals surface area contributed by atoms with E-state index in [4.69, 9.17) is 0 Å². The summed E-state index contributed by atoms with van der Waals surface area (Å²) in [6, 6.07) is 12.6. The van der Waals surface area contributed by atoms with Crippen molar-refractivity contribution in [1.29, 1.82) is 0 Å². The lowest BCUT2D eigenvalue weighted by atomic mass is 9.99. The number of aromatic nitrogens is 1. The Kier molecular flexibility index (Phi) is 5.38. The molecule has 0 saturated heterocycles. The van der Waals surface area contributed by atoms with Gasteiger partial charge in [-0.25, -0.2) is 4.39 Å². The van der Waals surface area contributed by atoms with E-state index in [1.807, 2.05) is 37.2 Å². The fourth-order valence-electron chi connectivity index (χ4n) is 3.05. The standard InChI is InChI=1S/C21H24FN3O/c1-4-14-9-10-18-16(13-14)19(15-7-5-6-8-17(15)22)20(24-18)21(26)23-11-12-25(2)3/h5-10,13,24H,4,11-12H2,1-3H3,(H,23,26). The summed E-state index contributed by atoms with van der Waals surface area (Å²) < 4.78 is 14.5. The Labute approximate surface area is 153 Å². The van der Waals surface area contributed by atoms with Crippen molar-refractivity contribution in [3.8, 4) is 11.1 Å². The SMILES string of the molecule is CCc1ccc2[nH]c(C(=O)NCCN(C)C)c(-c3ccccc3F)c2c1. The molecular weight excluding hydrogens is 329 g/mol. The Morgan fingerprint density at radius 1 is 1.19 bits per heavy atom. The molecule has 0 aliphatic carbocycles. The van der Waals surface area contributed by atoms with Gasteiger partial charge in [0, 0.05) is 35.1 Å². The van der Waals surface area contributed by atoms with Gasteiger partial charge in [0.25, 0.3) is 5.91 Å². The zero-order chi connectivity index (χ0) is 18.7. The second kappa shape index (κ2) is 7.70. The van der Waals surface area contributed by atoms with E-state index in [0.717, 1.165) is 29.4 Å². The number of amides is 1. The first-order valence-corrected chi connectivity index (χ1v) is 8.83. The van der Waals surface area contributed by atoms with Crippen LogP contribution in [-0.4, -0.2) is 43.0 Å². The van der Waals surface area contributed by atoms with Gasteiger partial charge in [0.05, 0.1) is 0 Å². The summed E-state index contributed by atoms with van der Waals surface area (Å²) in [5.41, 5.74) is 3.43. The highest BCUT2D eigenvalue weighted by Crippen LogP contribution is 2.34. The lowest BCUT2D eigenvalue weighted by Crippen LogP contribution is -2.31. The molecule has 1 amide bonds. The first kappa shape index (κ1) is 18.1. The van der Waals surface area contributed by atoms with E-state index >= 15 is 0 Å². The molecule has 1 heterocycles. The van der Waals surface area contributed by atoms with Crippen LogP contribution in [0, 0.1) is 5.82 Å². The number of nitrogens with zero attached hydrogens (tertiary/aromatic N) is 1. The minimum absolute atomic E-state index is 0.223. The third kappa shape index (κ3) is 3.63. The van der Waals surface area contributed by atoms with Crippen LogP contribution in [0.5, 0.6) is 0 Å². The topological polar surface area (TPSA) is 48.1 Å². The molecule has 0 atom stereocenters. The molecule has 2 aromatic carbocycles. The molecule has 0 bridgehead atoms. The Balaban J connectivity index is 2.11. The lowest BCUT2D eigenvalue weighted by Gasteiger charge is -2.11. The molecule has 0 radical (unpaired) electrons. The van der Waals surface area contributed by atoms with Crippen molar-refractivity contribution in [3.63, 3.8) is 0 Å². The number of benzene rings is 2. The molecule has 2 N–H and O–H groups in total. The van der Waals surface area contributed by atoms with Gasteiger partial charge in [-0.3, -0.25) is 4.79 Å². The minimum Gasteiger partial charge on any atom is -0.350 e. The zero-order valence-electron chi connectivity index (χ0n) is 15.4. The molecule has 26 heavy (non-hydrogen) atoms. The van der Waals surface area contributed by atoms with Crippen LogP contribution >= 0.6 is 0 Å². The van der Waals surface area contributed by atoms with E-state index in [0.29, 0.717) is 23.4 Å². The number of likely N-dealkylation sites (N-methyl/N-ethyl adjacent to an activating group) is 1. The average Bonchev–Trinajstić information content (AvgIpc) is 3.00. The average molecular weight is 353 g/mol. The number of aryl methyl sites for hydroxylation is 1. The predicted molar refractivity (Wildman–Crippen MR) is 104 cm³/mol.